The zero-order chi connectivity index (χ0) is 24.9. The maximum absolute atomic E-state index is 13.8. The van der Waals surface area contributed by atoms with Crippen molar-refractivity contribution in [2.24, 2.45) is 17.8 Å². The average Bonchev–Trinajstić information content (AvgIpc) is 3.29. The van der Waals surface area contributed by atoms with Crippen molar-refractivity contribution < 1.29 is 24.4 Å². The van der Waals surface area contributed by atoms with Gasteiger partial charge in [0, 0.05) is 18.2 Å². The van der Waals surface area contributed by atoms with Gasteiger partial charge in [-0.1, -0.05) is 50.1 Å². The number of non-ortho nitro benzene ring substituents is 1. The number of carboxylic acids is 1. The highest BCUT2D eigenvalue weighted by molar-refractivity contribution is 6.24. The minimum Gasteiger partial charge on any atom is -0.480 e. The van der Waals surface area contributed by atoms with Gasteiger partial charge in [0.2, 0.25) is 11.8 Å². The molecule has 0 aliphatic carbocycles. The number of carboxylic acid groups (broad SMARTS) is 1. The lowest BCUT2D eigenvalue weighted by Gasteiger charge is -2.36. The normalized spacial score (nSPS) is 27.1. The van der Waals surface area contributed by atoms with Crippen LogP contribution in [0, 0.1) is 41.7 Å². The van der Waals surface area contributed by atoms with E-state index in [2.05, 4.69) is 5.32 Å². The summed E-state index contributed by atoms with van der Waals surface area (Å²) >= 11 is 0. The number of nitrogens with one attached hydrogen (secondary N) is 1. The van der Waals surface area contributed by atoms with E-state index in [4.69, 9.17) is 0 Å². The number of amides is 2. The maximum atomic E-state index is 13.8. The molecule has 2 aromatic carbocycles. The summed E-state index contributed by atoms with van der Waals surface area (Å²) in [4.78, 5) is 52.0. The molecular weight excluding hydrogens is 438 g/mol. The molecule has 5 unspecified atom stereocenters. The van der Waals surface area contributed by atoms with E-state index in [0.717, 1.165) is 21.6 Å². The van der Waals surface area contributed by atoms with Crippen LogP contribution in [0.25, 0.3) is 0 Å². The van der Waals surface area contributed by atoms with Gasteiger partial charge in [-0.3, -0.25) is 29.8 Å². The van der Waals surface area contributed by atoms with Crippen molar-refractivity contribution in [1.29, 1.82) is 0 Å². The summed E-state index contributed by atoms with van der Waals surface area (Å²) in [5.74, 6) is -4.98. The number of fused-ring (bicyclic) bond motifs is 1. The van der Waals surface area contributed by atoms with Crippen LogP contribution in [0.15, 0.2) is 42.5 Å². The van der Waals surface area contributed by atoms with Crippen molar-refractivity contribution in [1.82, 2.24) is 5.32 Å². The Kier molecular flexibility index (Phi) is 5.77. The highest BCUT2D eigenvalue weighted by Gasteiger charge is 2.70. The zero-order valence-corrected chi connectivity index (χ0v) is 19.4. The number of nitro groups is 1. The third kappa shape index (κ3) is 3.30. The van der Waals surface area contributed by atoms with Crippen LogP contribution in [0.5, 0.6) is 0 Å². The van der Waals surface area contributed by atoms with Crippen molar-refractivity contribution in [2.45, 2.75) is 45.7 Å². The zero-order valence-electron chi connectivity index (χ0n) is 19.4. The van der Waals surface area contributed by atoms with Crippen molar-refractivity contribution >= 4 is 29.2 Å². The summed E-state index contributed by atoms with van der Waals surface area (Å²) < 4.78 is 0. The van der Waals surface area contributed by atoms with Crippen LogP contribution >= 0.6 is 0 Å². The minimum atomic E-state index is -1.66. The lowest BCUT2D eigenvalue weighted by atomic mass is 9.71. The Morgan fingerprint density at radius 1 is 1.21 bits per heavy atom. The van der Waals surface area contributed by atoms with Gasteiger partial charge in [0.1, 0.15) is 5.54 Å². The fraction of sp³-hybridized carbons (Fsp3) is 0.400. The number of carbonyl (C=O) groups excluding carboxylic acids is 2. The molecule has 2 amide bonds. The number of imide groups is 1. The van der Waals surface area contributed by atoms with Crippen LogP contribution in [-0.2, 0) is 14.4 Å². The van der Waals surface area contributed by atoms with E-state index in [0.29, 0.717) is 6.42 Å². The summed E-state index contributed by atoms with van der Waals surface area (Å²) in [7, 11) is 0. The van der Waals surface area contributed by atoms with Crippen molar-refractivity contribution in [2.75, 3.05) is 4.90 Å². The van der Waals surface area contributed by atoms with Crippen molar-refractivity contribution in [3.63, 3.8) is 0 Å². The van der Waals surface area contributed by atoms with Crippen LogP contribution in [0.1, 0.15) is 43.0 Å². The van der Waals surface area contributed by atoms with Crippen LogP contribution in [0.2, 0.25) is 0 Å². The lowest BCUT2D eigenvalue weighted by molar-refractivity contribution is -0.384. The molecule has 0 radical (unpaired) electrons. The van der Waals surface area contributed by atoms with Gasteiger partial charge in [0.05, 0.1) is 22.4 Å². The number of carbonyl (C=O) groups is 3. The van der Waals surface area contributed by atoms with Gasteiger partial charge in [0.25, 0.3) is 5.69 Å². The fourth-order valence-electron chi connectivity index (χ4n) is 5.49. The molecule has 9 heteroatoms. The van der Waals surface area contributed by atoms with E-state index in [-0.39, 0.29) is 11.4 Å². The second-order valence-electron chi connectivity index (χ2n) is 9.26. The first-order valence-electron chi connectivity index (χ1n) is 11.2. The van der Waals surface area contributed by atoms with E-state index < -0.39 is 52.0 Å². The van der Waals surface area contributed by atoms with Gasteiger partial charge in [-0.05, 0) is 37.0 Å². The monoisotopic (exact) mass is 465 g/mol. The first kappa shape index (κ1) is 23.6. The van der Waals surface area contributed by atoms with E-state index >= 15 is 0 Å². The number of aryl methyl sites for hydroxylation is 2. The Morgan fingerprint density at radius 3 is 2.53 bits per heavy atom. The number of aliphatic carboxylic acids is 1. The first-order chi connectivity index (χ1) is 16.0. The van der Waals surface area contributed by atoms with Crippen LogP contribution < -0.4 is 10.2 Å². The lowest BCUT2D eigenvalue weighted by Crippen LogP contribution is -2.59. The van der Waals surface area contributed by atoms with Gasteiger partial charge in [-0.25, -0.2) is 4.90 Å². The number of hydrogen-bond acceptors (Lipinski definition) is 6. The van der Waals surface area contributed by atoms with Gasteiger partial charge < -0.3 is 5.11 Å². The van der Waals surface area contributed by atoms with Crippen molar-refractivity contribution in [3.05, 3.63) is 69.3 Å². The van der Waals surface area contributed by atoms with E-state index in [1.165, 1.54) is 24.3 Å². The first-order valence-corrected chi connectivity index (χ1v) is 11.2. The number of nitrogens with zero attached hydrogens (tertiary/aromatic N) is 2. The van der Waals surface area contributed by atoms with Gasteiger partial charge in [0.15, 0.2) is 0 Å². The molecule has 34 heavy (non-hydrogen) atoms. The second-order valence-corrected chi connectivity index (χ2v) is 9.26. The summed E-state index contributed by atoms with van der Waals surface area (Å²) in [6, 6.07) is 10.4. The minimum absolute atomic E-state index is 0.0711. The Balaban J connectivity index is 1.92. The number of rotatable bonds is 6. The second kappa shape index (κ2) is 8.32. The third-order valence-corrected chi connectivity index (χ3v) is 7.41. The molecule has 2 aliphatic heterocycles. The van der Waals surface area contributed by atoms with Crippen molar-refractivity contribution in [3.8, 4) is 0 Å². The number of nitro benzene ring substituents is 1. The summed E-state index contributed by atoms with van der Waals surface area (Å²) in [5, 5.41) is 25.0. The molecule has 2 aromatic rings. The molecule has 2 fully saturated rings. The number of hydrogen-bond donors (Lipinski definition) is 2. The smallest absolute Gasteiger partial charge is 0.325 e. The fourth-order valence-corrected chi connectivity index (χ4v) is 5.49. The molecule has 2 heterocycles. The third-order valence-electron chi connectivity index (χ3n) is 7.41. The van der Waals surface area contributed by atoms with Gasteiger partial charge in [-0.2, -0.15) is 0 Å². The molecule has 4 rings (SSSR count). The Labute approximate surface area is 196 Å². The van der Waals surface area contributed by atoms with Gasteiger partial charge >= 0.3 is 5.97 Å². The predicted molar refractivity (Wildman–Crippen MR) is 124 cm³/mol. The van der Waals surface area contributed by atoms with Gasteiger partial charge in [-0.15, -0.1) is 0 Å². The van der Waals surface area contributed by atoms with E-state index in [1.54, 1.807) is 6.92 Å². The van der Waals surface area contributed by atoms with E-state index in [9.17, 15) is 29.6 Å². The Morgan fingerprint density at radius 2 is 1.91 bits per heavy atom. The molecule has 0 saturated carbocycles. The predicted octanol–water partition coefficient (Wildman–Crippen LogP) is 3.53. The van der Waals surface area contributed by atoms with E-state index in [1.807, 2.05) is 39.0 Å². The Bertz CT molecular complexity index is 1210. The topological polar surface area (TPSA) is 130 Å². The summed E-state index contributed by atoms with van der Waals surface area (Å²) in [6.07, 6.45) is 0.473. The highest BCUT2D eigenvalue weighted by Crippen LogP contribution is 2.53. The average molecular weight is 466 g/mol. The molecule has 0 bridgehead atoms. The molecule has 9 nitrogen and oxygen atoms in total. The molecule has 2 N–H and O–H groups in total. The molecular formula is C25H27N3O6. The maximum Gasteiger partial charge on any atom is 0.325 e. The largest absolute Gasteiger partial charge is 0.480 e. The molecule has 0 spiro atoms. The SMILES string of the molecule is CCC(C)C1(C(=O)O)NC(c2cc(C)ccc2C)C2C(=O)N(c3cccc([N+](=O)[O-])c3)C(=O)C21. The van der Waals surface area contributed by atoms with Crippen LogP contribution in [0.3, 0.4) is 0 Å². The number of anilines is 1. The highest BCUT2D eigenvalue weighted by atomic mass is 16.6. The molecule has 5 atom stereocenters. The summed E-state index contributed by atoms with van der Waals surface area (Å²) in [6.45, 7) is 7.40. The van der Waals surface area contributed by atoms with Crippen LogP contribution in [0.4, 0.5) is 11.4 Å². The number of benzene rings is 2. The standard InChI is InChI=1S/C25H27N3O6/c1-5-15(4)25(24(31)32)20-19(21(26-25)18-11-13(2)9-10-14(18)3)22(29)27(23(20)30)16-7-6-8-17(12-16)28(33)34/h6-12,15,19-21,26H,5H2,1-4H3,(H,31,32). The quantitative estimate of drug-likeness (QED) is 0.379. The molecule has 2 saturated heterocycles. The Hall–Kier alpha value is -3.59. The molecule has 178 valence electrons. The molecule has 0 aromatic heterocycles. The summed E-state index contributed by atoms with van der Waals surface area (Å²) in [5.41, 5.74) is 0.738. The molecule has 2 aliphatic rings. The van der Waals surface area contributed by atoms with Crippen LogP contribution in [-0.4, -0.2) is 33.4 Å².